The van der Waals surface area contributed by atoms with Crippen LogP contribution in [0.3, 0.4) is 0 Å². The highest BCUT2D eigenvalue weighted by Crippen LogP contribution is 2.12. The molecule has 0 aliphatic rings. The van der Waals surface area contributed by atoms with Gasteiger partial charge in [-0.2, -0.15) is 0 Å². The maximum atomic E-state index is 11.2. The second kappa shape index (κ2) is 8.52. The molecule has 0 radical (unpaired) electrons. The van der Waals surface area contributed by atoms with Crippen LogP contribution in [0.25, 0.3) is 0 Å². The van der Waals surface area contributed by atoms with E-state index in [1.165, 1.54) is 12.2 Å². The van der Waals surface area contributed by atoms with E-state index in [0.717, 1.165) is 0 Å². The van der Waals surface area contributed by atoms with E-state index in [1.807, 2.05) is 0 Å². The SMILES string of the molecule is CCOC(=O)/C(Br)=C/C=C(\Br)C(=O)OCC. The van der Waals surface area contributed by atoms with Crippen molar-refractivity contribution >= 4 is 43.8 Å². The van der Waals surface area contributed by atoms with Gasteiger partial charge in [-0.1, -0.05) is 0 Å². The maximum Gasteiger partial charge on any atom is 0.345 e. The molecule has 90 valence electrons. The van der Waals surface area contributed by atoms with Crippen LogP contribution in [0.15, 0.2) is 21.1 Å². The third-order valence-electron chi connectivity index (χ3n) is 1.32. The quantitative estimate of drug-likeness (QED) is 0.432. The minimum atomic E-state index is -0.483. The summed E-state index contributed by atoms with van der Waals surface area (Å²) < 4.78 is 9.92. The zero-order valence-electron chi connectivity index (χ0n) is 8.96. The summed E-state index contributed by atoms with van der Waals surface area (Å²) in [5.41, 5.74) is 0. The number of carbonyl (C=O) groups excluding carboxylic acids is 2. The summed E-state index contributed by atoms with van der Waals surface area (Å²) in [4.78, 5) is 22.3. The lowest BCUT2D eigenvalue weighted by molar-refractivity contribution is -0.138. The lowest BCUT2D eigenvalue weighted by Gasteiger charge is -1.99. The van der Waals surface area contributed by atoms with Crippen LogP contribution in [0, 0.1) is 0 Å². The number of ether oxygens (including phenoxy) is 2. The smallest absolute Gasteiger partial charge is 0.345 e. The molecule has 0 amide bonds. The molecule has 0 spiro atoms. The Balaban J connectivity index is 4.48. The van der Waals surface area contributed by atoms with Gasteiger partial charge in [0.15, 0.2) is 0 Å². The first kappa shape index (κ1) is 15.4. The monoisotopic (exact) mass is 354 g/mol. The van der Waals surface area contributed by atoms with Crippen LogP contribution in [0.4, 0.5) is 0 Å². The summed E-state index contributed by atoms with van der Waals surface area (Å²) in [5.74, 6) is -0.967. The lowest BCUT2D eigenvalue weighted by Crippen LogP contribution is -2.04. The second-order valence-corrected chi connectivity index (χ2v) is 4.18. The van der Waals surface area contributed by atoms with E-state index in [4.69, 9.17) is 9.47 Å². The van der Waals surface area contributed by atoms with Gasteiger partial charge < -0.3 is 9.47 Å². The van der Waals surface area contributed by atoms with Crippen molar-refractivity contribution in [3.05, 3.63) is 21.1 Å². The average Bonchev–Trinajstić information content (AvgIpc) is 2.25. The molecule has 0 bridgehead atoms. The number of hydrogen-bond donors (Lipinski definition) is 0. The second-order valence-electron chi connectivity index (χ2n) is 2.47. The van der Waals surface area contributed by atoms with Crippen LogP contribution in [-0.4, -0.2) is 25.2 Å². The van der Waals surface area contributed by atoms with E-state index in [0.29, 0.717) is 13.2 Å². The van der Waals surface area contributed by atoms with Crippen LogP contribution < -0.4 is 0 Å². The topological polar surface area (TPSA) is 52.6 Å². The fourth-order valence-corrected chi connectivity index (χ4v) is 1.18. The van der Waals surface area contributed by atoms with Crippen molar-refractivity contribution in [2.75, 3.05) is 13.2 Å². The molecule has 0 aliphatic heterocycles. The van der Waals surface area contributed by atoms with Crippen molar-refractivity contribution in [2.24, 2.45) is 0 Å². The summed E-state index contributed by atoms with van der Waals surface area (Å²) in [6.07, 6.45) is 2.83. The normalized spacial score (nSPS) is 12.2. The maximum absolute atomic E-state index is 11.2. The Morgan fingerprint density at radius 1 is 0.938 bits per heavy atom. The number of hydrogen-bond acceptors (Lipinski definition) is 4. The molecule has 0 aromatic rings. The predicted molar refractivity (Wildman–Crippen MR) is 67.3 cm³/mol. The summed E-state index contributed by atoms with van der Waals surface area (Å²) >= 11 is 6.06. The number of carbonyl (C=O) groups is 2. The third-order valence-corrected chi connectivity index (χ3v) is 2.49. The van der Waals surface area contributed by atoms with E-state index in [2.05, 4.69) is 31.9 Å². The summed E-state index contributed by atoms with van der Waals surface area (Å²) in [7, 11) is 0. The summed E-state index contributed by atoms with van der Waals surface area (Å²) in [5, 5.41) is 0. The van der Waals surface area contributed by atoms with Gasteiger partial charge >= 0.3 is 11.9 Å². The highest BCUT2D eigenvalue weighted by Gasteiger charge is 2.07. The molecule has 0 atom stereocenters. The van der Waals surface area contributed by atoms with Gasteiger partial charge in [-0.05, 0) is 57.9 Å². The molecule has 4 nitrogen and oxygen atoms in total. The van der Waals surface area contributed by atoms with Crippen LogP contribution >= 0.6 is 31.9 Å². The van der Waals surface area contributed by atoms with Crippen LogP contribution in [0.1, 0.15) is 13.8 Å². The van der Waals surface area contributed by atoms with Crippen molar-refractivity contribution < 1.29 is 19.1 Å². The Morgan fingerprint density at radius 2 is 1.25 bits per heavy atom. The molecule has 0 aromatic heterocycles. The molecule has 16 heavy (non-hydrogen) atoms. The van der Waals surface area contributed by atoms with E-state index < -0.39 is 11.9 Å². The first-order valence-corrected chi connectivity index (χ1v) is 6.18. The largest absolute Gasteiger partial charge is 0.462 e. The summed E-state index contributed by atoms with van der Waals surface area (Å²) in [6.45, 7) is 4.01. The van der Waals surface area contributed by atoms with Gasteiger partial charge in [0.2, 0.25) is 0 Å². The Morgan fingerprint density at radius 3 is 1.50 bits per heavy atom. The molecule has 6 heteroatoms. The molecule has 0 saturated heterocycles. The number of halogens is 2. The number of allylic oxidation sites excluding steroid dienone is 2. The number of rotatable bonds is 5. The van der Waals surface area contributed by atoms with E-state index >= 15 is 0 Å². The minimum Gasteiger partial charge on any atom is -0.462 e. The molecule has 0 heterocycles. The van der Waals surface area contributed by atoms with Gasteiger partial charge in [-0.25, -0.2) is 9.59 Å². The highest BCUT2D eigenvalue weighted by molar-refractivity contribution is 9.12. The van der Waals surface area contributed by atoms with Gasteiger partial charge in [-0.3, -0.25) is 0 Å². The predicted octanol–water partition coefficient (Wildman–Crippen LogP) is 2.67. The fraction of sp³-hybridized carbons (Fsp3) is 0.400. The zero-order valence-corrected chi connectivity index (χ0v) is 12.1. The zero-order chi connectivity index (χ0) is 12.6. The van der Waals surface area contributed by atoms with E-state index in [1.54, 1.807) is 13.8 Å². The summed E-state index contributed by atoms with van der Waals surface area (Å²) in [6, 6.07) is 0. The molecule has 0 saturated carbocycles. The molecular weight excluding hydrogens is 344 g/mol. The third kappa shape index (κ3) is 6.07. The van der Waals surface area contributed by atoms with Gasteiger partial charge in [0, 0.05) is 0 Å². The molecule has 0 unspecified atom stereocenters. The van der Waals surface area contributed by atoms with Crippen molar-refractivity contribution in [1.29, 1.82) is 0 Å². The van der Waals surface area contributed by atoms with Crippen molar-refractivity contribution in [2.45, 2.75) is 13.8 Å². The molecular formula is C10H12Br2O4. The molecule has 0 fully saturated rings. The Labute approximate surface area is 111 Å². The fourth-order valence-electron chi connectivity index (χ4n) is 0.682. The number of esters is 2. The first-order chi connectivity index (χ1) is 7.52. The van der Waals surface area contributed by atoms with E-state index in [9.17, 15) is 9.59 Å². The van der Waals surface area contributed by atoms with Gasteiger partial charge in [0.25, 0.3) is 0 Å². The van der Waals surface area contributed by atoms with Crippen LogP contribution in [-0.2, 0) is 19.1 Å². The lowest BCUT2D eigenvalue weighted by atomic mass is 10.4. The van der Waals surface area contributed by atoms with Crippen molar-refractivity contribution in [3.63, 3.8) is 0 Å². The van der Waals surface area contributed by atoms with Gasteiger partial charge in [-0.15, -0.1) is 0 Å². The van der Waals surface area contributed by atoms with Gasteiger partial charge in [0.05, 0.1) is 13.2 Å². The Bertz CT molecular complexity index is 289. The van der Waals surface area contributed by atoms with Crippen LogP contribution in [0.2, 0.25) is 0 Å². The molecule has 0 aliphatic carbocycles. The molecule has 0 rings (SSSR count). The van der Waals surface area contributed by atoms with Crippen LogP contribution in [0.5, 0.6) is 0 Å². The Kier molecular flexibility index (Phi) is 8.19. The van der Waals surface area contributed by atoms with Crippen molar-refractivity contribution in [1.82, 2.24) is 0 Å². The first-order valence-electron chi connectivity index (χ1n) is 4.60. The molecule has 0 aromatic carbocycles. The van der Waals surface area contributed by atoms with Crippen molar-refractivity contribution in [3.8, 4) is 0 Å². The molecule has 0 N–H and O–H groups in total. The minimum absolute atomic E-state index is 0.232. The Hall–Kier alpha value is -0.620. The highest BCUT2D eigenvalue weighted by atomic mass is 79.9. The standard InChI is InChI=1S/C10H12Br2O4/c1-3-15-9(13)7(11)5-6-8(12)10(14)16-4-2/h5-6H,3-4H2,1-2H3/b7-5-,8-6-. The average molecular weight is 356 g/mol. The van der Waals surface area contributed by atoms with E-state index in [-0.39, 0.29) is 8.96 Å². The van der Waals surface area contributed by atoms with Gasteiger partial charge in [0.1, 0.15) is 8.96 Å².